The van der Waals surface area contributed by atoms with Gasteiger partial charge in [0.1, 0.15) is 5.75 Å². The Morgan fingerprint density at radius 3 is 2.12 bits per heavy atom. The van der Waals surface area contributed by atoms with Gasteiger partial charge in [0.15, 0.2) is 0 Å². The molecule has 5 rings (SSSR count). The third kappa shape index (κ3) is 2.52. The quantitative estimate of drug-likeness (QED) is 0.902. The third-order valence-corrected chi connectivity index (χ3v) is 6.78. The number of carbonyl (C=O) groups is 1. The molecule has 0 saturated heterocycles. The number of amides is 1. The van der Waals surface area contributed by atoms with Crippen LogP contribution in [0.2, 0.25) is 0 Å². The number of hydrogen-bond donors (Lipinski definition) is 1. The summed E-state index contributed by atoms with van der Waals surface area (Å²) in [5, 5.41) is 3.15. The van der Waals surface area contributed by atoms with Crippen molar-refractivity contribution in [3.8, 4) is 5.75 Å². The molecule has 4 bridgehead atoms. The van der Waals surface area contributed by atoms with Gasteiger partial charge in [-0.15, -0.1) is 0 Å². The average Bonchev–Trinajstić information content (AvgIpc) is 2.61. The van der Waals surface area contributed by atoms with Gasteiger partial charge >= 0.3 is 0 Å². The lowest BCUT2D eigenvalue weighted by Crippen LogP contribution is -2.63. The van der Waals surface area contributed by atoms with Gasteiger partial charge < -0.3 is 14.8 Å². The summed E-state index contributed by atoms with van der Waals surface area (Å²) < 4.78 is 11.3. The second kappa shape index (κ2) is 6.07. The van der Waals surface area contributed by atoms with Gasteiger partial charge in [-0.25, -0.2) is 0 Å². The molecule has 0 unspecified atom stereocenters. The van der Waals surface area contributed by atoms with E-state index >= 15 is 0 Å². The van der Waals surface area contributed by atoms with Gasteiger partial charge in [-0.3, -0.25) is 4.79 Å². The highest BCUT2D eigenvalue weighted by atomic mass is 16.5. The van der Waals surface area contributed by atoms with Crippen LogP contribution in [0.15, 0.2) is 24.3 Å². The number of benzene rings is 1. The molecule has 4 saturated carbocycles. The molecular weight excluding hydrogens is 302 g/mol. The zero-order chi connectivity index (χ0) is 16.7. The molecule has 0 spiro atoms. The van der Waals surface area contributed by atoms with E-state index in [2.05, 4.69) is 5.32 Å². The Balaban J connectivity index is 1.46. The van der Waals surface area contributed by atoms with E-state index in [0.29, 0.717) is 23.9 Å². The molecule has 0 radical (unpaired) electrons. The number of nitrogens with one attached hydrogen (secondary N) is 1. The van der Waals surface area contributed by atoms with Crippen LogP contribution in [-0.4, -0.2) is 32.3 Å². The minimum absolute atomic E-state index is 0.0251. The lowest BCUT2D eigenvalue weighted by Gasteiger charge is -2.60. The number of carbonyl (C=O) groups excluding carboxylic acids is 1. The Kier molecular flexibility index (Phi) is 4.03. The molecule has 4 nitrogen and oxygen atoms in total. The Labute approximate surface area is 143 Å². The first-order valence-electron chi connectivity index (χ1n) is 9.12. The van der Waals surface area contributed by atoms with Gasteiger partial charge in [0, 0.05) is 19.2 Å². The third-order valence-electron chi connectivity index (χ3n) is 6.78. The zero-order valence-electron chi connectivity index (χ0n) is 14.6. The van der Waals surface area contributed by atoms with Crippen molar-refractivity contribution in [3.05, 3.63) is 29.8 Å². The van der Waals surface area contributed by atoms with E-state index in [0.717, 1.165) is 17.6 Å². The SMILES string of the molecule is COc1ccc(C(=O)NCC2(OC)C3CC4CC(C3)CC2C4)cc1. The lowest BCUT2D eigenvalue weighted by atomic mass is 9.49. The molecule has 4 heteroatoms. The van der Waals surface area contributed by atoms with Gasteiger partial charge in [-0.1, -0.05) is 0 Å². The molecule has 0 aliphatic heterocycles. The molecule has 1 aromatic rings. The first-order chi connectivity index (χ1) is 11.6. The van der Waals surface area contributed by atoms with Crippen molar-refractivity contribution in [2.45, 2.75) is 37.7 Å². The van der Waals surface area contributed by atoms with Gasteiger partial charge in [-0.05, 0) is 80.0 Å². The van der Waals surface area contributed by atoms with Crippen LogP contribution in [0.3, 0.4) is 0 Å². The van der Waals surface area contributed by atoms with Crippen LogP contribution < -0.4 is 10.1 Å². The first kappa shape index (κ1) is 15.9. The van der Waals surface area contributed by atoms with Crippen molar-refractivity contribution in [3.63, 3.8) is 0 Å². The van der Waals surface area contributed by atoms with E-state index in [1.54, 1.807) is 7.11 Å². The second-order valence-corrected chi connectivity index (χ2v) is 7.87. The highest BCUT2D eigenvalue weighted by molar-refractivity contribution is 5.94. The first-order valence-corrected chi connectivity index (χ1v) is 9.12. The monoisotopic (exact) mass is 329 g/mol. The second-order valence-electron chi connectivity index (χ2n) is 7.87. The summed E-state index contributed by atoms with van der Waals surface area (Å²) >= 11 is 0. The normalized spacial score (nSPS) is 36.6. The number of methoxy groups -OCH3 is 2. The molecule has 0 atom stereocenters. The summed E-state index contributed by atoms with van der Waals surface area (Å²) in [5.41, 5.74) is 0.515. The van der Waals surface area contributed by atoms with Crippen LogP contribution in [0.5, 0.6) is 5.75 Å². The van der Waals surface area contributed by atoms with Gasteiger partial charge in [-0.2, -0.15) is 0 Å². The lowest BCUT2D eigenvalue weighted by molar-refractivity contribution is -0.186. The summed E-state index contributed by atoms with van der Waals surface area (Å²) in [6.07, 6.45) is 6.53. The summed E-state index contributed by atoms with van der Waals surface area (Å²) in [5.74, 6) is 3.75. The summed E-state index contributed by atoms with van der Waals surface area (Å²) in [7, 11) is 3.46. The van der Waals surface area contributed by atoms with E-state index in [-0.39, 0.29) is 11.5 Å². The summed E-state index contributed by atoms with van der Waals surface area (Å²) in [6.45, 7) is 0.628. The van der Waals surface area contributed by atoms with E-state index in [1.165, 1.54) is 32.1 Å². The Hall–Kier alpha value is -1.55. The number of ether oxygens (including phenoxy) is 2. The van der Waals surface area contributed by atoms with Crippen LogP contribution in [0.4, 0.5) is 0 Å². The Morgan fingerprint density at radius 2 is 1.62 bits per heavy atom. The van der Waals surface area contributed by atoms with E-state index in [4.69, 9.17) is 9.47 Å². The zero-order valence-corrected chi connectivity index (χ0v) is 14.6. The van der Waals surface area contributed by atoms with Crippen molar-refractivity contribution in [1.29, 1.82) is 0 Å². The van der Waals surface area contributed by atoms with Crippen molar-refractivity contribution < 1.29 is 14.3 Å². The average molecular weight is 329 g/mol. The van der Waals surface area contributed by atoms with Crippen molar-refractivity contribution in [1.82, 2.24) is 5.32 Å². The fraction of sp³-hybridized carbons (Fsp3) is 0.650. The molecule has 130 valence electrons. The molecule has 1 aromatic carbocycles. The molecule has 4 fully saturated rings. The summed E-state index contributed by atoms with van der Waals surface area (Å²) in [6, 6.07) is 7.27. The highest BCUT2D eigenvalue weighted by Gasteiger charge is 2.57. The molecule has 1 amide bonds. The minimum Gasteiger partial charge on any atom is -0.497 e. The maximum absolute atomic E-state index is 12.5. The van der Waals surface area contributed by atoms with E-state index in [9.17, 15) is 4.79 Å². The van der Waals surface area contributed by atoms with Crippen LogP contribution in [0.25, 0.3) is 0 Å². The predicted octanol–water partition coefficient (Wildman–Crippen LogP) is 3.27. The Bertz CT molecular complexity index is 582. The molecule has 24 heavy (non-hydrogen) atoms. The fourth-order valence-electron chi connectivity index (χ4n) is 5.74. The van der Waals surface area contributed by atoms with Crippen LogP contribution in [0, 0.1) is 23.7 Å². The maximum Gasteiger partial charge on any atom is 0.251 e. The Morgan fingerprint density at radius 1 is 1.04 bits per heavy atom. The van der Waals surface area contributed by atoms with Gasteiger partial charge in [0.25, 0.3) is 5.91 Å². The van der Waals surface area contributed by atoms with E-state index in [1.807, 2.05) is 31.4 Å². The van der Waals surface area contributed by atoms with Crippen LogP contribution in [-0.2, 0) is 4.74 Å². The molecular formula is C20H27NO3. The van der Waals surface area contributed by atoms with E-state index < -0.39 is 0 Å². The van der Waals surface area contributed by atoms with Gasteiger partial charge in [0.05, 0.1) is 12.7 Å². The predicted molar refractivity (Wildman–Crippen MR) is 92.1 cm³/mol. The standard InChI is InChI=1S/C20H27NO3/c1-23-18-5-3-15(4-6-18)19(22)21-12-20(24-2)16-8-13-7-14(10-16)11-17(20)9-13/h3-6,13-14,16-17H,7-12H2,1-2H3,(H,21,22). The largest absolute Gasteiger partial charge is 0.497 e. The number of hydrogen-bond acceptors (Lipinski definition) is 3. The molecule has 1 N–H and O–H groups in total. The highest BCUT2D eigenvalue weighted by Crippen LogP contribution is 2.59. The van der Waals surface area contributed by atoms with Crippen molar-refractivity contribution in [2.75, 3.05) is 20.8 Å². The smallest absolute Gasteiger partial charge is 0.251 e. The van der Waals surface area contributed by atoms with Crippen LogP contribution in [0.1, 0.15) is 42.5 Å². The number of rotatable bonds is 5. The molecule has 0 aromatic heterocycles. The fourth-order valence-corrected chi connectivity index (χ4v) is 5.74. The molecule has 4 aliphatic carbocycles. The molecule has 4 aliphatic rings. The summed E-state index contributed by atoms with van der Waals surface area (Å²) in [4.78, 5) is 12.5. The maximum atomic E-state index is 12.5. The van der Waals surface area contributed by atoms with Crippen molar-refractivity contribution >= 4 is 5.91 Å². The topological polar surface area (TPSA) is 47.6 Å². The van der Waals surface area contributed by atoms with Crippen molar-refractivity contribution in [2.24, 2.45) is 23.7 Å². The minimum atomic E-state index is -0.157. The van der Waals surface area contributed by atoms with Gasteiger partial charge in [0.2, 0.25) is 0 Å². The van der Waals surface area contributed by atoms with Crippen LogP contribution >= 0.6 is 0 Å². The molecule has 0 heterocycles.